The van der Waals surface area contributed by atoms with Gasteiger partial charge in [0.25, 0.3) is 5.91 Å². The van der Waals surface area contributed by atoms with Gasteiger partial charge < -0.3 is 11.1 Å². The van der Waals surface area contributed by atoms with Gasteiger partial charge in [-0.3, -0.25) is 9.78 Å². The van der Waals surface area contributed by atoms with E-state index in [4.69, 9.17) is 18.0 Å². The molecule has 1 aliphatic carbocycles. The number of thiocarbonyl (C=S) groups is 1. The molecule has 1 fully saturated rings. The summed E-state index contributed by atoms with van der Waals surface area (Å²) in [4.78, 5) is 16.4. The fourth-order valence-electron chi connectivity index (χ4n) is 1.94. The normalized spacial score (nSPS) is 15.2. The highest BCUT2D eigenvalue weighted by Gasteiger charge is 2.38. The van der Waals surface area contributed by atoms with Crippen LogP contribution in [0, 0.1) is 5.92 Å². The van der Waals surface area contributed by atoms with Crippen molar-refractivity contribution in [1.29, 1.82) is 0 Å². The lowest BCUT2D eigenvalue weighted by atomic mass is 9.98. The van der Waals surface area contributed by atoms with Crippen molar-refractivity contribution >= 4 is 23.1 Å². The van der Waals surface area contributed by atoms with Crippen LogP contribution in [0.2, 0.25) is 0 Å². The quantitative estimate of drug-likeness (QED) is 0.810. The van der Waals surface area contributed by atoms with E-state index in [2.05, 4.69) is 10.3 Å². The Morgan fingerprint density at radius 3 is 2.61 bits per heavy atom. The van der Waals surface area contributed by atoms with Gasteiger partial charge >= 0.3 is 0 Å². The first-order valence-corrected chi connectivity index (χ1v) is 6.39. The lowest BCUT2D eigenvalue weighted by Gasteiger charge is -2.25. The van der Waals surface area contributed by atoms with E-state index in [1.165, 1.54) is 19.0 Å². The number of nitrogens with one attached hydrogen (secondary N) is 1. The second-order valence-corrected chi connectivity index (χ2v) is 5.69. The standard InChI is InChI=1S/C13H17N3OS/c1-13(2,9-4-5-9)16-12(17)10-6-3-8(7-15-10)11(14)18/h3,6-7,9H,4-5H2,1-2H3,(H2,14,18)(H,16,17). The van der Waals surface area contributed by atoms with Gasteiger partial charge in [-0.2, -0.15) is 0 Å². The summed E-state index contributed by atoms with van der Waals surface area (Å²) in [6.45, 7) is 4.10. The van der Waals surface area contributed by atoms with Crippen molar-refractivity contribution < 1.29 is 4.79 Å². The van der Waals surface area contributed by atoms with Crippen LogP contribution in [0.1, 0.15) is 42.7 Å². The molecule has 3 N–H and O–H groups in total. The maximum Gasteiger partial charge on any atom is 0.270 e. The van der Waals surface area contributed by atoms with Crippen LogP contribution in [0.15, 0.2) is 18.3 Å². The van der Waals surface area contributed by atoms with Crippen molar-refractivity contribution in [3.05, 3.63) is 29.6 Å². The molecule has 0 radical (unpaired) electrons. The highest BCUT2D eigenvalue weighted by atomic mass is 32.1. The van der Waals surface area contributed by atoms with Gasteiger partial charge in [0.15, 0.2) is 0 Å². The van der Waals surface area contributed by atoms with E-state index in [0.29, 0.717) is 17.2 Å². The molecular weight excluding hydrogens is 246 g/mol. The summed E-state index contributed by atoms with van der Waals surface area (Å²) < 4.78 is 0. The maximum atomic E-state index is 12.0. The Labute approximate surface area is 112 Å². The maximum absolute atomic E-state index is 12.0. The Hall–Kier alpha value is -1.49. The third kappa shape index (κ3) is 2.85. The molecule has 4 nitrogen and oxygen atoms in total. The minimum atomic E-state index is -0.166. The van der Waals surface area contributed by atoms with E-state index in [1.807, 2.05) is 13.8 Å². The molecule has 0 aromatic carbocycles. The number of rotatable bonds is 4. The molecule has 1 amide bonds. The molecule has 0 saturated heterocycles. The number of aromatic nitrogens is 1. The molecule has 0 unspecified atom stereocenters. The van der Waals surface area contributed by atoms with Gasteiger partial charge in [-0.25, -0.2) is 0 Å². The number of carbonyl (C=O) groups excluding carboxylic acids is 1. The highest BCUT2D eigenvalue weighted by Crippen LogP contribution is 2.39. The summed E-state index contributed by atoms with van der Waals surface area (Å²) in [7, 11) is 0. The molecular formula is C13H17N3OS. The van der Waals surface area contributed by atoms with Crippen molar-refractivity contribution in [3.63, 3.8) is 0 Å². The Kier molecular flexibility index (Phi) is 3.34. The molecule has 1 saturated carbocycles. The number of nitrogens with zero attached hydrogens (tertiary/aromatic N) is 1. The molecule has 2 rings (SSSR count). The first kappa shape index (κ1) is 13.0. The summed E-state index contributed by atoms with van der Waals surface area (Å²) in [6.07, 6.45) is 3.89. The molecule has 96 valence electrons. The first-order chi connectivity index (χ1) is 8.40. The van der Waals surface area contributed by atoms with Crippen LogP contribution in [0.3, 0.4) is 0 Å². The average molecular weight is 263 g/mol. The van der Waals surface area contributed by atoms with Crippen molar-refractivity contribution in [1.82, 2.24) is 10.3 Å². The zero-order valence-corrected chi connectivity index (χ0v) is 11.4. The number of pyridine rings is 1. The molecule has 1 aliphatic rings. The van der Waals surface area contributed by atoms with Crippen molar-refractivity contribution in [3.8, 4) is 0 Å². The Morgan fingerprint density at radius 1 is 1.50 bits per heavy atom. The summed E-state index contributed by atoms with van der Waals surface area (Å²) in [5, 5.41) is 3.02. The van der Waals surface area contributed by atoms with E-state index in [0.717, 1.165) is 0 Å². The summed E-state index contributed by atoms with van der Waals surface area (Å²) in [5.41, 5.74) is 6.38. The molecule has 0 bridgehead atoms. The fraction of sp³-hybridized carbons (Fsp3) is 0.462. The molecule has 1 heterocycles. The summed E-state index contributed by atoms with van der Waals surface area (Å²) >= 11 is 4.84. The molecule has 1 aromatic heterocycles. The lowest BCUT2D eigenvalue weighted by molar-refractivity contribution is 0.0898. The van der Waals surface area contributed by atoms with Crippen LogP contribution in [0.4, 0.5) is 0 Å². The number of carbonyl (C=O) groups is 1. The summed E-state index contributed by atoms with van der Waals surface area (Å²) in [6, 6.07) is 3.36. The smallest absolute Gasteiger partial charge is 0.270 e. The number of nitrogens with two attached hydrogens (primary N) is 1. The van der Waals surface area contributed by atoms with E-state index < -0.39 is 0 Å². The van der Waals surface area contributed by atoms with Crippen molar-refractivity contribution in [2.75, 3.05) is 0 Å². The average Bonchev–Trinajstić information content (AvgIpc) is 3.12. The minimum Gasteiger partial charge on any atom is -0.389 e. The second kappa shape index (κ2) is 4.65. The predicted molar refractivity (Wildman–Crippen MR) is 74.4 cm³/mol. The van der Waals surface area contributed by atoms with Gasteiger partial charge in [0.1, 0.15) is 10.7 Å². The van der Waals surface area contributed by atoms with Crippen molar-refractivity contribution in [2.45, 2.75) is 32.2 Å². The molecule has 0 aliphatic heterocycles. The van der Waals surface area contributed by atoms with E-state index in [9.17, 15) is 4.79 Å². The molecule has 5 heteroatoms. The zero-order valence-electron chi connectivity index (χ0n) is 10.6. The van der Waals surface area contributed by atoms with Gasteiger partial charge in [-0.1, -0.05) is 12.2 Å². The summed E-state index contributed by atoms with van der Waals surface area (Å²) in [5.74, 6) is 0.429. The van der Waals surface area contributed by atoms with Crippen LogP contribution in [-0.2, 0) is 0 Å². The van der Waals surface area contributed by atoms with Gasteiger partial charge in [0, 0.05) is 17.3 Å². The van der Waals surface area contributed by atoms with Crippen LogP contribution in [0.25, 0.3) is 0 Å². The van der Waals surface area contributed by atoms with Crippen LogP contribution in [-0.4, -0.2) is 21.4 Å². The predicted octanol–water partition coefficient (Wildman–Crippen LogP) is 1.63. The van der Waals surface area contributed by atoms with Crippen LogP contribution in [0.5, 0.6) is 0 Å². The van der Waals surface area contributed by atoms with E-state index in [1.54, 1.807) is 12.1 Å². The van der Waals surface area contributed by atoms with Gasteiger partial charge in [0.2, 0.25) is 0 Å². The molecule has 1 aromatic rings. The Morgan fingerprint density at radius 2 is 2.17 bits per heavy atom. The monoisotopic (exact) mass is 263 g/mol. The van der Waals surface area contributed by atoms with Crippen LogP contribution >= 0.6 is 12.2 Å². The lowest BCUT2D eigenvalue weighted by Crippen LogP contribution is -2.45. The third-order valence-corrected chi connectivity index (χ3v) is 3.55. The minimum absolute atomic E-state index is 0.151. The highest BCUT2D eigenvalue weighted by molar-refractivity contribution is 7.80. The first-order valence-electron chi connectivity index (χ1n) is 5.98. The number of hydrogen-bond acceptors (Lipinski definition) is 3. The fourth-order valence-corrected chi connectivity index (χ4v) is 2.06. The van der Waals surface area contributed by atoms with Crippen molar-refractivity contribution in [2.24, 2.45) is 11.7 Å². The molecule has 0 atom stereocenters. The Bertz CT molecular complexity index is 478. The van der Waals surface area contributed by atoms with Gasteiger partial charge in [0.05, 0.1) is 0 Å². The third-order valence-electron chi connectivity index (χ3n) is 3.31. The van der Waals surface area contributed by atoms with E-state index >= 15 is 0 Å². The van der Waals surface area contributed by atoms with Crippen LogP contribution < -0.4 is 11.1 Å². The van der Waals surface area contributed by atoms with Gasteiger partial charge in [-0.05, 0) is 44.7 Å². The molecule has 0 spiro atoms. The van der Waals surface area contributed by atoms with E-state index in [-0.39, 0.29) is 16.4 Å². The van der Waals surface area contributed by atoms with Gasteiger partial charge in [-0.15, -0.1) is 0 Å². The second-order valence-electron chi connectivity index (χ2n) is 5.25. The zero-order chi connectivity index (χ0) is 13.3. The molecule has 18 heavy (non-hydrogen) atoms. The number of hydrogen-bond donors (Lipinski definition) is 2. The Balaban J connectivity index is 2.06. The SMILES string of the molecule is CC(C)(NC(=O)c1ccc(C(N)=S)cn1)C1CC1. The number of amides is 1. The topological polar surface area (TPSA) is 68.0 Å². The largest absolute Gasteiger partial charge is 0.389 e.